The molecule has 0 saturated heterocycles. The van der Waals surface area contributed by atoms with Gasteiger partial charge in [0.2, 0.25) is 0 Å². The van der Waals surface area contributed by atoms with Crippen LogP contribution in [0.5, 0.6) is 5.75 Å². The first-order chi connectivity index (χ1) is 9.08. The van der Waals surface area contributed by atoms with Crippen molar-refractivity contribution in [3.63, 3.8) is 0 Å². The summed E-state index contributed by atoms with van der Waals surface area (Å²) < 4.78 is 2.45. The topological polar surface area (TPSA) is 54.3 Å². The van der Waals surface area contributed by atoms with Crippen molar-refractivity contribution in [3.05, 3.63) is 52.3 Å². The third-order valence-electron chi connectivity index (χ3n) is 2.89. The minimum Gasteiger partial charge on any atom is -0.507 e. The first-order valence-corrected chi connectivity index (χ1v) is 6.74. The number of nitrogens with one attached hydrogen (secondary N) is 1. The molecule has 2 rings (SSSR count). The average molecular weight is 323 g/mol. The first-order valence-electron chi connectivity index (χ1n) is 5.95. The summed E-state index contributed by atoms with van der Waals surface area (Å²) in [6.07, 6.45) is 2.56. The summed E-state index contributed by atoms with van der Waals surface area (Å²) in [6.45, 7) is 0.557. The Hall–Kier alpha value is -1.75. The van der Waals surface area contributed by atoms with Crippen molar-refractivity contribution in [2.75, 3.05) is 6.54 Å². The third kappa shape index (κ3) is 3.38. The van der Waals surface area contributed by atoms with Gasteiger partial charge in [-0.15, -0.1) is 0 Å². The SMILES string of the molecule is Cn1cccc1C(=O)NCCc1ccc(O)c(Br)c1. The summed E-state index contributed by atoms with van der Waals surface area (Å²) in [7, 11) is 1.84. The Balaban J connectivity index is 1.88. The average Bonchev–Trinajstić information content (AvgIpc) is 2.80. The summed E-state index contributed by atoms with van der Waals surface area (Å²) in [5.74, 6) is 0.141. The molecule has 0 spiro atoms. The Morgan fingerprint density at radius 2 is 2.21 bits per heavy atom. The van der Waals surface area contributed by atoms with E-state index in [1.165, 1.54) is 0 Å². The molecule has 0 bridgehead atoms. The van der Waals surface area contributed by atoms with Crippen LogP contribution in [0, 0.1) is 0 Å². The summed E-state index contributed by atoms with van der Waals surface area (Å²) >= 11 is 3.27. The van der Waals surface area contributed by atoms with Gasteiger partial charge in [0.15, 0.2) is 0 Å². The Kier molecular flexibility index (Phi) is 4.27. The van der Waals surface area contributed by atoms with Crippen molar-refractivity contribution >= 4 is 21.8 Å². The van der Waals surface area contributed by atoms with Crippen LogP contribution in [0.4, 0.5) is 0 Å². The van der Waals surface area contributed by atoms with Crippen LogP contribution in [0.25, 0.3) is 0 Å². The highest BCUT2D eigenvalue weighted by atomic mass is 79.9. The number of phenolic OH excluding ortho intramolecular Hbond substituents is 1. The summed E-state index contributed by atoms with van der Waals surface area (Å²) in [6, 6.07) is 8.95. The van der Waals surface area contributed by atoms with Crippen LogP contribution in [0.15, 0.2) is 41.0 Å². The molecule has 1 aromatic heterocycles. The molecule has 1 amide bonds. The van der Waals surface area contributed by atoms with Crippen LogP contribution in [0.1, 0.15) is 16.1 Å². The lowest BCUT2D eigenvalue weighted by atomic mass is 10.1. The van der Waals surface area contributed by atoms with E-state index in [9.17, 15) is 9.90 Å². The van der Waals surface area contributed by atoms with Gasteiger partial charge < -0.3 is 15.0 Å². The maximum atomic E-state index is 11.9. The summed E-state index contributed by atoms with van der Waals surface area (Å²) in [5.41, 5.74) is 1.70. The van der Waals surface area contributed by atoms with Crippen molar-refractivity contribution in [1.29, 1.82) is 0 Å². The maximum Gasteiger partial charge on any atom is 0.267 e. The van der Waals surface area contributed by atoms with Crippen molar-refractivity contribution in [2.45, 2.75) is 6.42 Å². The molecule has 0 saturated carbocycles. The second kappa shape index (κ2) is 5.93. The molecule has 0 aliphatic rings. The predicted octanol–water partition coefficient (Wildman–Crippen LogP) is 2.47. The molecule has 2 aromatic rings. The molecule has 2 N–H and O–H groups in total. The molecule has 100 valence electrons. The molecule has 0 aliphatic heterocycles. The maximum absolute atomic E-state index is 11.9. The number of amides is 1. The van der Waals surface area contributed by atoms with Gasteiger partial charge in [0.05, 0.1) is 4.47 Å². The number of rotatable bonds is 4. The largest absolute Gasteiger partial charge is 0.507 e. The molecule has 0 unspecified atom stereocenters. The van der Waals surface area contributed by atoms with E-state index in [1.807, 2.05) is 31.4 Å². The summed E-state index contributed by atoms with van der Waals surface area (Å²) in [4.78, 5) is 11.9. The summed E-state index contributed by atoms with van der Waals surface area (Å²) in [5, 5.41) is 12.3. The van der Waals surface area contributed by atoms with Gasteiger partial charge in [0.1, 0.15) is 11.4 Å². The lowest BCUT2D eigenvalue weighted by Crippen LogP contribution is -2.27. The number of halogens is 1. The van der Waals surface area contributed by atoms with E-state index < -0.39 is 0 Å². The minimum absolute atomic E-state index is 0.0784. The Morgan fingerprint density at radius 3 is 2.84 bits per heavy atom. The second-order valence-electron chi connectivity index (χ2n) is 4.30. The van der Waals surface area contributed by atoms with Crippen LogP contribution in [0.2, 0.25) is 0 Å². The van der Waals surface area contributed by atoms with Crippen molar-refractivity contribution in [2.24, 2.45) is 7.05 Å². The number of aromatic hydroxyl groups is 1. The lowest BCUT2D eigenvalue weighted by molar-refractivity contribution is 0.0946. The van der Waals surface area contributed by atoms with Crippen molar-refractivity contribution < 1.29 is 9.90 Å². The minimum atomic E-state index is -0.0784. The van der Waals surface area contributed by atoms with E-state index >= 15 is 0 Å². The number of hydrogen-bond donors (Lipinski definition) is 2. The molecular formula is C14H15BrN2O2. The fraction of sp³-hybridized carbons (Fsp3) is 0.214. The Morgan fingerprint density at radius 1 is 1.42 bits per heavy atom. The highest BCUT2D eigenvalue weighted by molar-refractivity contribution is 9.10. The van der Waals surface area contributed by atoms with Crippen LogP contribution in [-0.2, 0) is 13.5 Å². The zero-order valence-corrected chi connectivity index (χ0v) is 12.1. The van der Waals surface area contributed by atoms with Gasteiger partial charge >= 0.3 is 0 Å². The standard InChI is InChI=1S/C14H15BrN2O2/c1-17-8-2-3-12(17)14(19)16-7-6-10-4-5-13(18)11(15)9-10/h2-5,8-9,18H,6-7H2,1H3,(H,16,19). The van der Waals surface area contributed by atoms with E-state index in [1.54, 1.807) is 16.7 Å². The van der Waals surface area contributed by atoms with Gasteiger partial charge in [0.25, 0.3) is 5.91 Å². The predicted molar refractivity (Wildman–Crippen MR) is 77.3 cm³/mol. The number of aryl methyl sites for hydroxylation is 1. The number of aromatic nitrogens is 1. The van der Waals surface area contributed by atoms with E-state index in [2.05, 4.69) is 21.2 Å². The molecule has 4 nitrogen and oxygen atoms in total. The molecular weight excluding hydrogens is 308 g/mol. The molecule has 0 fully saturated rings. The van der Waals surface area contributed by atoms with Gasteiger partial charge in [-0.1, -0.05) is 6.07 Å². The zero-order valence-electron chi connectivity index (χ0n) is 10.6. The second-order valence-corrected chi connectivity index (χ2v) is 5.15. The monoisotopic (exact) mass is 322 g/mol. The number of carbonyl (C=O) groups excluding carboxylic acids is 1. The number of nitrogens with zero attached hydrogens (tertiary/aromatic N) is 1. The molecule has 19 heavy (non-hydrogen) atoms. The highest BCUT2D eigenvalue weighted by Crippen LogP contribution is 2.24. The van der Waals surface area contributed by atoms with Crippen LogP contribution in [-0.4, -0.2) is 22.1 Å². The van der Waals surface area contributed by atoms with Crippen LogP contribution >= 0.6 is 15.9 Å². The fourth-order valence-corrected chi connectivity index (χ4v) is 2.24. The third-order valence-corrected chi connectivity index (χ3v) is 3.52. The molecule has 1 heterocycles. The van der Waals surface area contributed by atoms with Crippen LogP contribution in [0.3, 0.4) is 0 Å². The number of benzene rings is 1. The van der Waals surface area contributed by atoms with Gasteiger partial charge in [0, 0.05) is 19.8 Å². The normalized spacial score (nSPS) is 10.4. The molecule has 5 heteroatoms. The highest BCUT2D eigenvalue weighted by Gasteiger charge is 2.07. The number of hydrogen-bond acceptors (Lipinski definition) is 2. The van der Waals surface area contributed by atoms with E-state index in [0.717, 1.165) is 12.0 Å². The van der Waals surface area contributed by atoms with Gasteiger partial charge in [-0.05, 0) is 52.2 Å². The molecule has 0 radical (unpaired) electrons. The van der Waals surface area contributed by atoms with Gasteiger partial charge in [-0.3, -0.25) is 4.79 Å². The number of phenols is 1. The molecule has 1 aromatic carbocycles. The number of carbonyl (C=O) groups is 1. The van der Waals surface area contributed by atoms with E-state index in [4.69, 9.17) is 0 Å². The molecule has 0 atom stereocenters. The van der Waals surface area contributed by atoms with E-state index in [-0.39, 0.29) is 11.7 Å². The van der Waals surface area contributed by atoms with Crippen molar-refractivity contribution in [1.82, 2.24) is 9.88 Å². The lowest BCUT2D eigenvalue weighted by Gasteiger charge is -2.07. The molecule has 0 aliphatic carbocycles. The van der Waals surface area contributed by atoms with Crippen LogP contribution < -0.4 is 5.32 Å². The van der Waals surface area contributed by atoms with Gasteiger partial charge in [-0.25, -0.2) is 0 Å². The fourth-order valence-electron chi connectivity index (χ4n) is 1.81. The first kappa shape index (κ1) is 13.7. The van der Waals surface area contributed by atoms with Crippen molar-refractivity contribution in [3.8, 4) is 5.75 Å². The smallest absolute Gasteiger partial charge is 0.267 e. The van der Waals surface area contributed by atoms with E-state index in [0.29, 0.717) is 16.7 Å². The zero-order chi connectivity index (χ0) is 13.8. The quantitative estimate of drug-likeness (QED) is 0.908. The van der Waals surface area contributed by atoms with Gasteiger partial charge in [-0.2, -0.15) is 0 Å². The Bertz CT molecular complexity index is 593. The Labute approximate surface area is 120 Å².